The standard InChI is InChI=1S/C16H12ClNO2.C16H12ClNOS/c17-12-5-7-13(8-6-12)18-15-4-2-1-3-11(15)9-14(19)10-16(18)20;17-12-5-7-13(8-6-12)18-15-4-2-1-3-11(15)9-14(20)10-16(18)19/h2*1-8H,9-10H2. The predicted octanol–water partition coefficient (Wildman–Crippen LogP) is 7.84. The summed E-state index contributed by atoms with van der Waals surface area (Å²) in [6.07, 6.45) is 1.19. The smallest absolute Gasteiger partial charge is 0.239 e. The number of Topliss-reactive ketones (excluding diaryl/α,β-unsaturated/α-hetero) is 1. The first-order valence-electron chi connectivity index (χ1n) is 12.7. The minimum absolute atomic E-state index is 0.00210. The van der Waals surface area contributed by atoms with Gasteiger partial charge >= 0.3 is 0 Å². The maximum absolute atomic E-state index is 12.5. The number of amides is 2. The van der Waals surface area contributed by atoms with E-state index in [1.165, 1.54) is 0 Å². The molecule has 0 fully saturated rings. The molecule has 2 aliphatic heterocycles. The monoisotopic (exact) mass is 586 g/mol. The van der Waals surface area contributed by atoms with Crippen molar-refractivity contribution in [1.29, 1.82) is 0 Å². The van der Waals surface area contributed by atoms with Crippen molar-refractivity contribution >= 4 is 80.6 Å². The van der Waals surface area contributed by atoms with E-state index in [2.05, 4.69) is 0 Å². The molecular formula is C32H24Cl2N2O3S. The molecule has 4 aromatic rings. The molecule has 0 N–H and O–H groups in total. The van der Waals surface area contributed by atoms with E-state index in [1.807, 2.05) is 60.7 Å². The SMILES string of the molecule is O=C1CC(=O)N(c2ccc(Cl)cc2)c2ccccc2C1.O=C1CC(=S)Cc2ccccc2N1c1ccc(Cl)cc1. The van der Waals surface area contributed by atoms with E-state index in [0.29, 0.717) is 29.3 Å². The van der Waals surface area contributed by atoms with Crippen LogP contribution in [0.4, 0.5) is 22.7 Å². The van der Waals surface area contributed by atoms with Gasteiger partial charge in [0, 0.05) is 39.1 Å². The number of hydrogen-bond acceptors (Lipinski definition) is 4. The lowest BCUT2D eigenvalue weighted by Gasteiger charge is -2.23. The van der Waals surface area contributed by atoms with E-state index in [4.69, 9.17) is 35.4 Å². The fourth-order valence-corrected chi connectivity index (χ4v) is 5.35. The molecule has 2 amide bonds. The molecule has 0 aromatic heterocycles. The average molecular weight is 588 g/mol. The number of ketones is 1. The Balaban J connectivity index is 0.000000161. The summed E-state index contributed by atoms with van der Waals surface area (Å²) in [4.78, 5) is 40.7. The number of carbonyl (C=O) groups is 3. The van der Waals surface area contributed by atoms with Crippen LogP contribution in [0.2, 0.25) is 10.0 Å². The summed E-state index contributed by atoms with van der Waals surface area (Å²) in [5.41, 5.74) is 5.17. The highest BCUT2D eigenvalue weighted by atomic mass is 35.5. The van der Waals surface area contributed by atoms with E-state index in [1.54, 1.807) is 46.2 Å². The van der Waals surface area contributed by atoms with Crippen molar-refractivity contribution in [1.82, 2.24) is 0 Å². The number of hydrogen-bond donors (Lipinski definition) is 0. The Bertz CT molecular complexity index is 1480. The molecule has 0 unspecified atom stereocenters. The quantitative estimate of drug-likeness (QED) is 0.177. The Labute approximate surface area is 247 Å². The minimum atomic E-state index is -0.206. The van der Waals surface area contributed by atoms with Gasteiger partial charge in [0.1, 0.15) is 5.78 Å². The van der Waals surface area contributed by atoms with Gasteiger partial charge in [-0.2, -0.15) is 0 Å². The van der Waals surface area contributed by atoms with Crippen LogP contribution in [0.25, 0.3) is 0 Å². The Kier molecular flexibility index (Phi) is 8.40. The third-order valence-electron chi connectivity index (χ3n) is 6.61. The molecule has 0 atom stereocenters. The fraction of sp³-hybridized carbons (Fsp3) is 0.125. The molecule has 6 rings (SSSR count). The van der Waals surface area contributed by atoms with E-state index in [-0.39, 0.29) is 24.0 Å². The van der Waals surface area contributed by atoms with Crippen molar-refractivity contribution in [3.8, 4) is 0 Å². The Morgan fingerprint density at radius 1 is 0.525 bits per heavy atom. The van der Waals surface area contributed by atoms with Crippen LogP contribution in [0.15, 0.2) is 97.1 Å². The molecule has 0 bridgehead atoms. The molecule has 0 saturated carbocycles. The number of carbonyl (C=O) groups excluding carboxylic acids is 3. The second-order valence-electron chi connectivity index (χ2n) is 9.45. The number of halogens is 2. The van der Waals surface area contributed by atoms with E-state index in [0.717, 1.165) is 38.7 Å². The second-order valence-corrected chi connectivity index (χ2v) is 10.9. The number of thiocarbonyl (C=S) groups is 1. The molecule has 5 nitrogen and oxygen atoms in total. The third-order valence-corrected chi connectivity index (χ3v) is 7.40. The Morgan fingerprint density at radius 2 is 0.950 bits per heavy atom. The van der Waals surface area contributed by atoms with Crippen LogP contribution >= 0.6 is 35.4 Å². The Morgan fingerprint density at radius 3 is 1.45 bits per heavy atom. The van der Waals surface area contributed by atoms with E-state index >= 15 is 0 Å². The Hall–Kier alpha value is -3.84. The van der Waals surface area contributed by atoms with Gasteiger partial charge in [-0.05, 0) is 71.8 Å². The van der Waals surface area contributed by atoms with E-state index < -0.39 is 0 Å². The van der Waals surface area contributed by atoms with Crippen LogP contribution in [0.1, 0.15) is 24.0 Å². The van der Waals surface area contributed by atoms with Crippen LogP contribution in [-0.4, -0.2) is 22.5 Å². The highest BCUT2D eigenvalue weighted by molar-refractivity contribution is 7.80. The fourth-order valence-electron chi connectivity index (χ4n) is 4.82. The van der Waals surface area contributed by atoms with Crippen molar-refractivity contribution in [2.45, 2.75) is 25.7 Å². The summed E-state index contributed by atoms with van der Waals surface area (Å²) in [5.74, 6) is -0.261. The zero-order chi connectivity index (χ0) is 28.2. The van der Waals surface area contributed by atoms with Crippen molar-refractivity contribution in [2.75, 3.05) is 9.80 Å². The van der Waals surface area contributed by atoms with Crippen LogP contribution in [-0.2, 0) is 27.2 Å². The summed E-state index contributed by atoms with van der Waals surface area (Å²) in [6.45, 7) is 0. The number of nitrogens with zero attached hydrogens (tertiary/aromatic N) is 2. The van der Waals surface area contributed by atoms with Crippen molar-refractivity contribution in [2.24, 2.45) is 0 Å². The van der Waals surface area contributed by atoms with Crippen molar-refractivity contribution in [3.05, 3.63) is 118 Å². The number of anilines is 4. The van der Waals surface area contributed by atoms with Gasteiger partial charge in [-0.1, -0.05) is 71.8 Å². The highest BCUT2D eigenvalue weighted by Crippen LogP contribution is 2.34. The molecule has 4 aromatic carbocycles. The van der Waals surface area contributed by atoms with Gasteiger partial charge in [-0.3, -0.25) is 24.2 Å². The molecule has 40 heavy (non-hydrogen) atoms. The van der Waals surface area contributed by atoms with Gasteiger partial charge in [-0.25, -0.2) is 0 Å². The second kappa shape index (κ2) is 12.1. The summed E-state index contributed by atoms with van der Waals surface area (Å²) in [6, 6.07) is 29.7. The number of rotatable bonds is 2. The molecule has 0 spiro atoms. The number of benzene rings is 4. The van der Waals surface area contributed by atoms with E-state index in [9.17, 15) is 14.4 Å². The van der Waals surface area contributed by atoms with Crippen LogP contribution in [0.3, 0.4) is 0 Å². The summed E-state index contributed by atoms with van der Waals surface area (Å²) in [7, 11) is 0. The normalized spacial score (nSPS) is 14.9. The minimum Gasteiger partial charge on any atom is -0.299 e. The molecule has 200 valence electrons. The molecule has 2 aliphatic rings. The molecule has 0 radical (unpaired) electrons. The first-order chi connectivity index (χ1) is 19.3. The summed E-state index contributed by atoms with van der Waals surface area (Å²) in [5, 5.41) is 1.26. The van der Waals surface area contributed by atoms with Crippen LogP contribution in [0.5, 0.6) is 0 Å². The van der Waals surface area contributed by atoms with Crippen LogP contribution < -0.4 is 9.80 Å². The topological polar surface area (TPSA) is 57.7 Å². The lowest BCUT2D eigenvalue weighted by atomic mass is 10.1. The van der Waals surface area contributed by atoms with Crippen molar-refractivity contribution < 1.29 is 14.4 Å². The highest BCUT2D eigenvalue weighted by Gasteiger charge is 2.27. The van der Waals surface area contributed by atoms with Gasteiger partial charge in [0.05, 0.1) is 24.2 Å². The third kappa shape index (κ3) is 6.15. The molecule has 2 heterocycles. The lowest BCUT2D eigenvalue weighted by molar-refractivity contribution is -0.125. The lowest BCUT2D eigenvalue weighted by Crippen LogP contribution is -2.26. The molecule has 0 saturated heterocycles. The maximum Gasteiger partial charge on any atom is 0.239 e. The largest absolute Gasteiger partial charge is 0.299 e. The summed E-state index contributed by atoms with van der Waals surface area (Å²) < 4.78 is 0. The zero-order valence-corrected chi connectivity index (χ0v) is 23.7. The van der Waals surface area contributed by atoms with Crippen LogP contribution in [0, 0.1) is 0 Å². The van der Waals surface area contributed by atoms with Crippen molar-refractivity contribution in [3.63, 3.8) is 0 Å². The van der Waals surface area contributed by atoms with Gasteiger partial charge in [0.25, 0.3) is 0 Å². The van der Waals surface area contributed by atoms with Gasteiger partial charge in [0.15, 0.2) is 0 Å². The van der Waals surface area contributed by atoms with Gasteiger partial charge in [-0.15, -0.1) is 0 Å². The molecule has 0 aliphatic carbocycles. The number of para-hydroxylation sites is 2. The van der Waals surface area contributed by atoms with Gasteiger partial charge in [0.2, 0.25) is 11.8 Å². The maximum atomic E-state index is 12.5. The molecule has 8 heteroatoms. The first kappa shape index (κ1) is 27.7. The zero-order valence-electron chi connectivity index (χ0n) is 21.3. The summed E-state index contributed by atoms with van der Waals surface area (Å²) >= 11 is 17.1. The average Bonchev–Trinajstić information content (AvgIpc) is 3.14. The number of fused-ring (bicyclic) bond motifs is 2. The predicted molar refractivity (Wildman–Crippen MR) is 164 cm³/mol. The van der Waals surface area contributed by atoms with Gasteiger partial charge < -0.3 is 0 Å². The molecular weight excluding hydrogens is 563 g/mol. The first-order valence-corrected chi connectivity index (χ1v) is 13.8.